The number of ether oxygens (including phenoxy) is 1. The first kappa shape index (κ1) is 19.1. The number of anilines is 1. The summed E-state index contributed by atoms with van der Waals surface area (Å²) in [5.74, 6) is -1.47. The Morgan fingerprint density at radius 3 is 2.37 bits per heavy atom. The van der Waals surface area contributed by atoms with E-state index in [-0.39, 0.29) is 42.5 Å². The zero-order valence-electron chi connectivity index (χ0n) is 15.6. The van der Waals surface area contributed by atoms with Gasteiger partial charge in [0.25, 0.3) is 0 Å². The topological polar surface area (TPSA) is 92.8 Å². The number of amides is 3. The summed E-state index contributed by atoms with van der Waals surface area (Å²) in [4.78, 5) is 50.1. The fraction of sp³-hybridized carbons (Fsp3) is 0.500. The van der Waals surface area contributed by atoms with Gasteiger partial charge in [-0.3, -0.25) is 19.3 Å². The van der Waals surface area contributed by atoms with Crippen LogP contribution in [0.5, 0.6) is 0 Å². The Labute approximate surface area is 158 Å². The molecule has 3 amide bonds. The van der Waals surface area contributed by atoms with E-state index >= 15 is 0 Å². The number of nitrogens with one attached hydrogen (secondary N) is 1. The van der Waals surface area contributed by atoms with Gasteiger partial charge in [0.2, 0.25) is 17.7 Å². The van der Waals surface area contributed by atoms with Gasteiger partial charge >= 0.3 is 5.97 Å². The van der Waals surface area contributed by atoms with E-state index in [0.717, 1.165) is 31.2 Å². The molecule has 3 rings (SSSR count). The molecule has 0 spiro atoms. The van der Waals surface area contributed by atoms with E-state index in [1.54, 1.807) is 18.2 Å². The molecular formula is C20H24N2O5. The molecule has 27 heavy (non-hydrogen) atoms. The molecule has 0 aromatic heterocycles. The third kappa shape index (κ3) is 3.86. The maximum absolute atomic E-state index is 12.4. The van der Waals surface area contributed by atoms with Crippen molar-refractivity contribution >= 4 is 29.4 Å². The summed E-state index contributed by atoms with van der Waals surface area (Å²) in [7, 11) is 1.29. The SMILES string of the molecule is COC(=O)c1ccc(C)c(NC(=O)CCN2C(=O)[C@H]3CCCC[C@H]3C2=O)c1. The smallest absolute Gasteiger partial charge is 0.337 e. The van der Waals surface area contributed by atoms with Crippen LogP contribution in [-0.2, 0) is 19.1 Å². The predicted molar refractivity (Wildman–Crippen MR) is 97.9 cm³/mol. The fourth-order valence-electron chi connectivity index (χ4n) is 3.88. The summed E-state index contributed by atoms with van der Waals surface area (Å²) in [6, 6.07) is 4.90. The number of carbonyl (C=O) groups excluding carboxylic acids is 4. The standard InChI is InChI=1S/C20H24N2O5/c1-12-7-8-13(20(26)27-2)11-16(12)21-17(23)9-10-22-18(24)14-5-3-4-6-15(14)19(22)25/h7-8,11,14-15H,3-6,9-10H2,1-2H3,(H,21,23)/t14-,15+. The Morgan fingerprint density at radius 2 is 1.78 bits per heavy atom. The number of imide groups is 1. The Balaban J connectivity index is 1.61. The van der Waals surface area contributed by atoms with Crippen LogP contribution in [0.15, 0.2) is 18.2 Å². The van der Waals surface area contributed by atoms with Gasteiger partial charge in [-0.15, -0.1) is 0 Å². The lowest BCUT2D eigenvalue weighted by molar-refractivity contribution is -0.140. The molecule has 0 bridgehead atoms. The van der Waals surface area contributed by atoms with Crippen LogP contribution in [0.4, 0.5) is 5.69 Å². The second-order valence-electron chi connectivity index (χ2n) is 7.15. The van der Waals surface area contributed by atoms with Crippen molar-refractivity contribution < 1.29 is 23.9 Å². The quantitative estimate of drug-likeness (QED) is 0.632. The number of nitrogens with zero attached hydrogens (tertiary/aromatic N) is 1. The average molecular weight is 372 g/mol. The van der Waals surface area contributed by atoms with Crippen molar-refractivity contribution in [3.05, 3.63) is 29.3 Å². The van der Waals surface area contributed by atoms with Crippen molar-refractivity contribution in [3.63, 3.8) is 0 Å². The van der Waals surface area contributed by atoms with Gasteiger partial charge in [-0.1, -0.05) is 18.9 Å². The van der Waals surface area contributed by atoms with Crippen molar-refractivity contribution in [1.82, 2.24) is 4.90 Å². The second-order valence-corrected chi connectivity index (χ2v) is 7.15. The van der Waals surface area contributed by atoms with Crippen LogP contribution in [0.3, 0.4) is 0 Å². The number of aryl methyl sites for hydroxylation is 1. The highest BCUT2D eigenvalue weighted by Crippen LogP contribution is 2.38. The van der Waals surface area contributed by atoms with Gasteiger partial charge < -0.3 is 10.1 Å². The van der Waals surface area contributed by atoms with Gasteiger partial charge in [0.05, 0.1) is 24.5 Å². The minimum absolute atomic E-state index is 0.0266. The number of likely N-dealkylation sites (tertiary alicyclic amines) is 1. The molecule has 1 aliphatic carbocycles. The first-order valence-electron chi connectivity index (χ1n) is 9.26. The van der Waals surface area contributed by atoms with Crippen molar-refractivity contribution in [2.24, 2.45) is 11.8 Å². The van der Waals surface area contributed by atoms with E-state index in [2.05, 4.69) is 10.1 Å². The Morgan fingerprint density at radius 1 is 1.15 bits per heavy atom. The minimum atomic E-state index is -0.485. The molecular weight excluding hydrogens is 348 g/mol. The first-order chi connectivity index (χ1) is 12.9. The average Bonchev–Trinajstić information content (AvgIpc) is 2.92. The van der Waals surface area contributed by atoms with Crippen LogP contribution in [0.2, 0.25) is 0 Å². The number of rotatable bonds is 5. The molecule has 2 aliphatic rings. The molecule has 1 aliphatic heterocycles. The zero-order chi connectivity index (χ0) is 19.6. The number of hydrogen-bond acceptors (Lipinski definition) is 5. The van der Waals surface area contributed by atoms with Gasteiger partial charge in [0.15, 0.2) is 0 Å². The molecule has 7 heteroatoms. The number of methoxy groups -OCH3 is 1. The minimum Gasteiger partial charge on any atom is -0.465 e. The molecule has 1 saturated carbocycles. The van der Waals surface area contributed by atoms with Gasteiger partial charge in [0.1, 0.15) is 0 Å². The van der Waals surface area contributed by atoms with Crippen molar-refractivity contribution in [1.29, 1.82) is 0 Å². The van der Waals surface area contributed by atoms with Crippen molar-refractivity contribution in [2.75, 3.05) is 19.0 Å². The molecule has 0 unspecified atom stereocenters. The number of esters is 1. The summed E-state index contributed by atoms with van der Waals surface area (Å²) in [5, 5.41) is 2.75. The highest BCUT2D eigenvalue weighted by atomic mass is 16.5. The van der Waals surface area contributed by atoms with Crippen LogP contribution in [0, 0.1) is 18.8 Å². The number of hydrogen-bond donors (Lipinski definition) is 1. The number of carbonyl (C=O) groups is 4. The van der Waals surface area contributed by atoms with E-state index in [1.807, 2.05) is 6.92 Å². The lowest BCUT2D eigenvalue weighted by Crippen LogP contribution is -2.34. The fourth-order valence-corrected chi connectivity index (χ4v) is 3.88. The summed E-state index contributed by atoms with van der Waals surface area (Å²) in [6.45, 7) is 1.90. The predicted octanol–water partition coefficient (Wildman–Crippen LogP) is 2.29. The molecule has 0 radical (unpaired) electrons. The number of benzene rings is 1. The van der Waals surface area contributed by atoms with Crippen LogP contribution < -0.4 is 5.32 Å². The largest absolute Gasteiger partial charge is 0.465 e. The summed E-state index contributed by atoms with van der Waals surface area (Å²) >= 11 is 0. The van der Waals surface area contributed by atoms with Crippen LogP contribution >= 0.6 is 0 Å². The van der Waals surface area contributed by atoms with Gasteiger partial charge in [-0.25, -0.2) is 4.79 Å². The first-order valence-corrected chi connectivity index (χ1v) is 9.26. The summed E-state index contributed by atoms with van der Waals surface area (Å²) in [5.41, 5.74) is 1.65. The maximum Gasteiger partial charge on any atom is 0.337 e. The maximum atomic E-state index is 12.4. The molecule has 2 atom stereocenters. The molecule has 7 nitrogen and oxygen atoms in total. The van der Waals surface area contributed by atoms with E-state index in [9.17, 15) is 19.2 Å². The number of fused-ring (bicyclic) bond motifs is 1. The molecule has 1 N–H and O–H groups in total. The Hall–Kier alpha value is -2.70. The van der Waals surface area contributed by atoms with Gasteiger partial charge in [-0.2, -0.15) is 0 Å². The van der Waals surface area contributed by atoms with Crippen LogP contribution in [0.25, 0.3) is 0 Å². The normalized spacial score (nSPS) is 21.8. The molecule has 2 fully saturated rings. The molecule has 1 saturated heterocycles. The highest BCUT2D eigenvalue weighted by Gasteiger charge is 2.47. The second kappa shape index (κ2) is 7.90. The van der Waals surface area contributed by atoms with Crippen LogP contribution in [0.1, 0.15) is 48.0 Å². The van der Waals surface area contributed by atoms with E-state index in [4.69, 9.17) is 0 Å². The third-order valence-corrected chi connectivity index (χ3v) is 5.43. The molecule has 1 aromatic rings. The van der Waals surface area contributed by atoms with Crippen molar-refractivity contribution in [2.45, 2.75) is 39.0 Å². The highest BCUT2D eigenvalue weighted by molar-refractivity contribution is 6.05. The molecule has 1 aromatic carbocycles. The lowest BCUT2D eigenvalue weighted by atomic mass is 9.81. The lowest BCUT2D eigenvalue weighted by Gasteiger charge is -2.19. The van der Waals surface area contributed by atoms with E-state index in [0.29, 0.717) is 11.3 Å². The zero-order valence-corrected chi connectivity index (χ0v) is 15.6. The van der Waals surface area contributed by atoms with E-state index < -0.39 is 5.97 Å². The van der Waals surface area contributed by atoms with Crippen molar-refractivity contribution in [3.8, 4) is 0 Å². The Kier molecular flexibility index (Phi) is 5.58. The molecule has 144 valence electrons. The van der Waals surface area contributed by atoms with Gasteiger partial charge in [-0.05, 0) is 37.5 Å². The summed E-state index contributed by atoms with van der Waals surface area (Å²) in [6.07, 6.45) is 3.50. The monoisotopic (exact) mass is 372 g/mol. The molecule has 1 heterocycles. The van der Waals surface area contributed by atoms with Gasteiger partial charge in [0, 0.05) is 18.7 Å². The Bertz CT molecular complexity index is 765. The third-order valence-electron chi connectivity index (χ3n) is 5.43. The van der Waals surface area contributed by atoms with Crippen LogP contribution in [-0.4, -0.2) is 42.2 Å². The van der Waals surface area contributed by atoms with E-state index in [1.165, 1.54) is 12.0 Å². The summed E-state index contributed by atoms with van der Waals surface area (Å²) < 4.78 is 4.69.